The SMILES string of the molecule is CN(C)C1CN(C(=O)Nc2ccc(CN)cc2)C1. The molecule has 1 heterocycles. The number of carbonyl (C=O) groups excluding carboxylic acids is 1. The lowest BCUT2D eigenvalue weighted by Crippen LogP contribution is -2.60. The summed E-state index contributed by atoms with van der Waals surface area (Å²) in [6.45, 7) is 2.10. The van der Waals surface area contributed by atoms with Crippen LogP contribution in [0.2, 0.25) is 0 Å². The van der Waals surface area contributed by atoms with Gasteiger partial charge in [-0.15, -0.1) is 0 Å². The topological polar surface area (TPSA) is 61.6 Å². The van der Waals surface area contributed by atoms with Crippen LogP contribution in [-0.2, 0) is 6.54 Å². The number of anilines is 1. The number of urea groups is 1. The lowest BCUT2D eigenvalue weighted by molar-refractivity contribution is 0.0942. The van der Waals surface area contributed by atoms with Gasteiger partial charge in [-0.1, -0.05) is 12.1 Å². The fraction of sp³-hybridized carbons (Fsp3) is 0.462. The quantitative estimate of drug-likeness (QED) is 0.836. The summed E-state index contributed by atoms with van der Waals surface area (Å²) in [5, 5.41) is 2.88. The molecule has 2 rings (SSSR count). The van der Waals surface area contributed by atoms with Crippen molar-refractivity contribution in [1.29, 1.82) is 0 Å². The minimum Gasteiger partial charge on any atom is -0.326 e. The summed E-state index contributed by atoms with van der Waals surface area (Å²) in [5.74, 6) is 0. The molecule has 18 heavy (non-hydrogen) atoms. The van der Waals surface area contributed by atoms with Crippen molar-refractivity contribution in [3.05, 3.63) is 29.8 Å². The van der Waals surface area contributed by atoms with E-state index < -0.39 is 0 Å². The number of hydrogen-bond donors (Lipinski definition) is 2. The first-order valence-electron chi connectivity index (χ1n) is 6.11. The van der Waals surface area contributed by atoms with Gasteiger partial charge in [-0.3, -0.25) is 0 Å². The Morgan fingerprint density at radius 3 is 2.50 bits per heavy atom. The van der Waals surface area contributed by atoms with Crippen molar-refractivity contribution in [2.75, 3.05) is 32.5 Å². The van der Waals surface area contributed by atoms with E-state index in [0.717, 1.165) is 24.3 Å². The van der Waals surface area contributed by atoms with Gasteiger partial charge in [-0.05, 0) is 31.8 Å². The molecule has 5 nitrogen and oxygen atoms in total. The Labute approximate surface area is 108 Å². The molecule has 3 N–H and O–H groups in total. The zero-order valence-electron chi connectivity index (χ0n) is 10.9. The highest BCUT2D eigenvalue weighted by atomic mass is 16.2. The Kier molecular flexibility index (Phi) is 3.84. The van der Waals surface area contributed by atoms with Crippen molar-refractivity contribution in [1.82, 2.24) is 9.80 Å². The number of likely N-dealkylation sites (tertiary alicyclic amines) is 1. The summed E-state index contributed by atoms with van der Waals surface area (Å²) in [7, 11) is 4.07. The highest BCUT2D eigenvalue weighted by Gasteiger charge is 2.31. The first-order chi connectivity index (χ1) is 8.60. The molecule has 0 unspecified atom stereocenters. The zero-order chi connectivity index (χ0) is 13.1. The Morgan fingerprint density at radius 2 is 2.00 bits per heavy atom. The predicted octanol–water partition coefficient (Wildman–Crippen LogP) is 0.923. The molecule has 0 atom stereocenters. The molecule has 1 aromatic rings. The summed E-state index contributed by atoms with van der Waals surface area (Å²) in [5.41, 5.74) is 7.39. The van der Waals surface area contributed by atoms with Gasteiger partial charge in [0.25, 0.3) is 0 Å². The second-order valence-electron chi connectivity index (χ2n) is 4.85. The van der Waals surface area contributed by atoms with Gasteiger partial charge in [0, 0.05) is 31.4 Å². The second kappa shape index (κ2) is 5.37. The van der Waals surface area contributed by atoms with Gasteiger partial charge in [-0.25, -0.2) is 4.79 Å². The Hall–Kier alpha value is -1.59. The number of amides is 2. The van der Waals surface area contributed by atoms with Crippen LogP contribution in [0, 0.1) is 0 Å². The number of benzene rings is 1. The Morgan fingerprint density at radius 1 is 1.39 bits per heavy atom. The van der Waals surface area contributed by atoms with Crippen molar-refractivity contribution in [2.24, 2.45) is 5.73 Å². The molecule has 0 aliphatic carbocycles. The number of hydrogen-bond acceptors (Lipinski definition) is 3. The van der Waals surface area contributed by atoms with Gasteiger partial charge in [-0.2, -0.15) is 0 Å². The number of nitrogens with two attached hydrogens (primary N) is 1. The molecule has 0 aromatic heterocycles. The monoisotopic (exact) mass is 248 g/mol. The molecule has 0 saturated carbocycles. The van der Waals surface area contributed by atoms with E-state index in [9.17, 15) is 4.79 Å². The van der Waals surface area contributed by atoms with Crippen LogP contribution >= 0.6 is 0 Å². The Bertz CT molecular complexity index is 410. The van der Waals surface area contributed by atoms with Crippen molar-refractivity contribution in [3.63, 3.8) is 0 Å². The molecule has 0 spiro atoms. The van der Waals surface area contributed by atoms with E-state index in [1.54, 1.807) is 0 Å². The van der Waals surface area contributed by atoms with Gasteiger partial charge in [0.1, 0.15) is 0 Å². The largest absolute Gasteiger partial charge is 0.326 e. The number of rotatable bonds is 3. The van der Waals surface area contributed by atoms with Gasteiger partial charge >= 0.3 is 6.03 Å². The van der Waals surface area contributed by atoms with Crippen LogP contribution in [0.5, 0.6) is 0 Å². The molecule has 0 radical (unpaired) electrons. The number of nitrogens with zero attached hydrogens (tertiary/aromatic N) is 2. The summed E-state index contributed by atoms with van der Waals surface area (Å²) < 4.78 is 0. The van der Waals surface area contributed by atoms with Crippen LogP contribution in [0.25, 0.3) is 0 Å². The summed E-state index contributed by atoms with van der Waals surface area (Å²) in [6, 6.07) is 8.05. The number of carbonyl (C=O) groups is 1. The van der Waals surface area contributed by atoms with Gasteiger partial charge < -0.3 is 20.9 Å². The normalized spacial score (nSPS) is 15.7. The standard InChI is InChI=1S/C13H20N4O/c1-16(2)12-8-17(9-12)13(18)15-11-5-3-10(7-14)4-6-11/h3-6,12H,7-9,14H2,1-2H3,(H,15,18). The average molecular weight is 248 g/mol. The van der Waals surface area contributed by atoms with E-state index in [2.05, 4.69) is 10.2 Å². The molecule has 1 saturated heterocycles. The molecule has 5 heteroatoms. The molecular formula is C13H20N4O. The van der Waals surface area contributed by atoms with E-state index >= 15 is 0 Å². The van der Waals surface area contributed by atoms with E-state index in [1.165, 1.54) is 0 Å². The third-order valence-electron chi connectivity index (χ3n) is 3.32. The highest BCUT2D eigenvalue weighted by Crippen LogP contribution is 2.15. The first-order valence-corrected chi connectivity index (χ1v) is 6.11. The average Bonchev–Trinajstić information content (AvgIpc) is 2.27. The molecule has 1 aliphatic rings. The highest BCUT2D eigenvalue weighted by molar-refractivity contribution is 5.89. The van der Waals surface area contributed by atoms with Crippen LogP contribution < -0.4 is 11.1 Å². The predicted molar refractivity (Wildman–Crippen MR) is 72.4 cm³/mol. The summed E-state index contributed by atoms with van der Waals surface area (Å²) in [6.07, 6.45) is 0. The molecule has 1 fully saturated rings. The maximum atomic E-state index is 11.9. The molecule has 98 valence electrons. The fourth-order valence-electron chi connectivity index (χ4n) is 1.87. The molecular weight excluding hydrogens is 228 g/mol. The van der Waals surface area contributed by atoms with Crippen molar-refractivity contribution < 1.29 is 4.79 Å². The zero-order valence-corrected chi connectivity index (χ0v) is 10.9. The molecule has 1 aromatic carbocycles. The van der Waals surface area contributed by atoms with E-state index in [0.29, 0.717) is 12.6 Å². The van der Waals surface area contributed by atoms with Crippen molar-refractivity contribution in [3.8, 4) is 0 Å². The van der Waals surface area contributed by atoms with Crippen LogP contribution in [0.3, 0.4) is 0 Å². The molecule has 0 bridgehead atoms. The smallest absolute Gasteiger partial charge is 0.321 e. The van der Waals surface area contributed by atoms with Crippen molar-refractivity contribution in [2.45, 2.75) is 12.6 Å². The second-order valence-corrected chi connectivity index (χ2v) is 4.85. The van der Waals surface area contributed by atoms with Crippen LogP contribution in [0.4, 0.5) is 10.5 Å². The van der Waals surface area contributed by atoms with Crippen LogP contribution in [0.1, 0.15) is 5.56 Å². The minimum atomic E-state index is -0.0337. The van der Waals surface area contributed by atoms with Gasteiger partial charge in [0.05, 0.1) is 0 Å². The molecule has 2 amide bonds. The van der Waals surface area contributed by atoms with Crippen LogP contribution in [-0.4, -0.2) is 49.1 Å². The lowest BCUT2D eigenvalue weighted by Gasteiger charge is -2.42. The minimum absolute atomic E-state index is 0.0337. The first kappa shape index (κ1) is 12.9. The van der Waals surface area contributed by atoms with E-state index in [-0.39, 0.29) is 6.03 Å². The molecule has 1 aliphatic heterocycles. The number of nitrogens with one attached hydrogen (secondary N) is 1. The van der Waals surface area contributed by atoms with Crippen LogP contribution in [0.15, 0.2) is 24.3 Å². The van der Waals surface area contributed by atoms with Crippen molar-refractivity contribution >= 4 is 11.7 Å². The third kappa shape index (κ3) is 2.80. The van der Waals surface area contributed by atoms with Gasteiger partial charge in [0.15, 0.2) is 0 Å². The maximum Gasteiger partial charge on any atom is 0.321 e. The number of likely N-dealkylation sites (N-methyl/N-ethyl adjacent to an activating group) is 1. The lowest BCUT2D eigenvalue weighted by atomic mass is 10.1. The fourth-order valence-corrected chi connectivity index (χ4v) is 1.87. The summed E-state index contributed by atoms with van der Waals surface area (Å²) >= 11 is 0. The Balaban J connectivity index is 1.84. The van der Waals surface area contributed by atoms with Gasteiger partial charge in [0.2, 0.25) is 0 Å². The third-order valence-corrected chi connectivity index (χ3v) is 3.32. The summed E-state index contributed by atoms with van der Waals surface area (Å²) in [4.78, 5) is 15.8. The van der Waals surface area contributed by atoms with E-state index in [1.807, 2.05) is 43.3 Å². The van der Waals surface area contributed by atoms with E-state index in [4.69, 9.17) is 5.73 Å². The maximum absolute atomic E-state index is 11.9.